The normalized spacial score (nSPS) is 15.3. The maximum atomic E-state index is 13.3. The molecule has 1 aliphatic heterocycles. The minimum atomic E-state index is -4.25. The number of benzene rings is 2. The highest BCUT2D eigenvalue weighted by Crippen LogP contribution is 2.28. The van der Waals surface area contributed by atoms with E-state index in [1.165, 1.54) is 25.2 Å². The number of likely N-dealkylation sites (N-methyl/N-ethyl adjacent to an activating group) is 1. The van der Waals surface area contributed by atoms with Gasteiger partial charge in [0.05, 0.1) is 4.92 Å². The van der Waals surface area contributed by atoms with Crippen LogP contribution in [0.25, 0.3) is 0 Å². The summed E-state index contributed by atoms with van der Waals surface area (Å²) >= 11 is 0. The summed E-state index contributed by atoms with van der Waals surface area (Å²) in [5, 5.41) is 11.4. The second kappa shape index (κ2) is 9.36. The first kappa shape index (κ1) is 21.9. The summed E-state index contributed by atoms with van der Waals surface area (Å²) in [5.41, 5.74) is 0.494. The number of likely N-dealkylation sites (tertiary alicyclic amines) is 1. The Bertz CT molecular complexity index is 1000. The maximum absolute atomic E-state index is 13.3. The molecule has 8 nitrogen and oxygen atoms in total. The molecule has 0 aliphatic carbocycles. The summed E-state index contributed by atoms with van der Waals surface area (Å²) in [7, 11) is -2.92. The first-order valence-electron chi connectivity index (χ1n) is 9.86. The van der Waals surface area contributed by atoms with Crippen LogP contribution in [0.3, 0.4) is 0 Å². The lowest BCUT2D eigenvalue weighted by molar-refractivity contribution is -0.387. The number of nitro benzene ring substituents is 1. The summed E-state index contributed by atoms with van der Waals surface area (Å²) in [6, 6.07) is 13.8. The van der Waals surface area contributed by atoms with Crippen LogP contribution in [-0.2, 0) is 21.2 Å². The summed E-state index contributed by atoms with van der Waals surface area (Å²) in [4.78, 5) is 25.1. The van der Waals surface area contributed by atoms with Crippen LogP contribution in [0.5, 0.6) is 0 Å². The standard InChI is InChI=1S/C21H25N3O5S/c1-22(30(28,29)20-12-6-5-11-18(20)24(26)27)19(21(25)23-15-7-8-16-23)14-13-17-9-3-2-4-10-17/h2-6,9-12,19H,7-8,13-16H2,1H3. The Morgan fingerprint density at radius 3 is 2.33 bits per heavy atom. The van der Waals surface area contributed by atoms with E-state index in [1.54, 1.807) is 4.90 Å². The minimum Gasteiger partial charge on any atom is -0.341 e. The molecule has 0 aromatic heterocycles. The third-order valence-corrected chi connectivity index (χ3v) is 7.32. The molecule has 0 radical (unpaired) electrons. The first-order chi connectivity index (χ1) is 14.3. The molecule has 1 atom stereocenters. The van der Waals surface area contributed by atoms with Crippen molar-refractivity contribution in [1.29, 1.82) is 0 Å². The van der Waals surface area contributed by atoms with E-state index in [0.717, 1.165) is 28.8 Å². The van der Waals surface area contributed by atoms with Gasteiger partial charge >= 0.3 is 0 Å². The number of nitro groups is 1. The van der Waals surface area contributed by atoms with E-state index in [2.05, 4.69) is 0 Å². The number of nitrogens with zero attached hydrogens (tertiary/aromatic N) is 3. The van der Waals surface area contributed by atoms with Crippen LogP contribution in [0, 0.1) is 10.1 Å². The SMILES string of the molecule is CN(C(CCc1ccccc1)C(=O)N1CCCC1)S(=O)(=O)c1ccccc1[N+](=O)[O-]. The number of para-hydroxylation sites is 1. The Hall–Kier alpha value is -2.78. The Labute approximate surface area is 176 Å². The van der Waals surface area contributed by atoms with Crippen molar-refractivity contribution < 1.29 is 18.1 Å². The largest absolute Gasteiger partial charge is 0.341 e. The average molecular weight is 432 g/mol. The van der Waals surface area contributed by atoms with Gasteiger partial charge in [0, 0.05) is 26.2 Å². The summed E-state index contributed by atoms with van der Waals surface area (Å²) < 4.78 is 27.6. The number of carbonyl (C=O) groups excluding carboxylic acids is 1. The second-order valence-corrected chi connectivity index (χ2v) is 9.28. The molecule has 0 spiro atoms. The van der Waals surface area contributed by atoms with Gasteiger partial charge in [-0.3, -0.25) is 14.9 Å². The van der Waals surface area contributed by atoms with Gasteiger partial charge in [-0.25, -0.2) is 8.42 Å². The molecular weight excluding hydrogens is 406 g/mol. The van der Waals surface area contributed by atoms with Crippen molar-refractivity contribution in [3.63, 3.8) is 0 Å². The van der Waals surface area contributed by atoms with E-state index in [4.69, 9.17) is 0 Å². The van der Waals surface area contributed by atoms with Crippen LogP contribution in [0.15, 0.2) is 59.5 Å². The number of hydrogen-bond acceptors (Lipinski definition) is 5. The van der Waals surface area contributed by atoms with Gasteiger partial charge in [-0.15, -0.1) is 0 Å². The van der Waals surface area contributed by atoms with Crippen LogP contribution < -0.4 is 0 Å². The fourth-order valence-corrected chi connectivity index (χ4v) is 5.20. The van der Waals surface area contributed by atoms with Crippen LogP contribution in [0.2, 0.25) is 0 Å². The zero-order valence-electron chi connectivity index (χ0n) is 16.8. The molecule has 1 amide bonds. The van der Waals surface area contributed by atoms with Crippen LogP contribution in [-0.4, -0.2) is 54.6 Å². The molecule has 1 fully saturated rings. The lowest BCUT2D eigenvalue weighted by atomic mass is 10.0. The summed E-state index contributed by atoms with van der Waals surface area (Å²) in [5.74, 6) is -0.256. The molecule has 0 saturated carbocycles. The predicted molar refractivity (Wildman–Crippen MR) is 112 cm³/mol. The molecule has 3 rings (SSSR count). The van der Waals surface area contributed by atoms with Crippen molar-refractivity contribution in [3.05, 3.63) is 70.3 Å². The lowest BCUT2D eigenvalue weighted by Gasteiger charge is -2.30. The van der Waals surface area contributed by atoms with Gasteiger partial charge in [0.1, 0.15) is 6.04 Å². The van der Waals surface area contributed by atoms with Gasteiger partial charge in [-0.2, -0.15) is 4.31 Å². The number of rotatable bonds is 8. The number of hydrogen-bond donors (Lipinski definition) is 0. The van der Waals surface area contributed by atoms with Crippen molar-refractivity contribution in [3.8, 4) is 0 Å². The van der Waals surface area contributed by atoms with E-state index in [-0.39, 0.29) is 12.3 Å². The third-order valence-electron chi connectivity index (χ3n) is 5.41. The molecule has 160 valence electrons. The predicted octanol–water partition coefficient (Wildman–Crippen LogP) is 2.84. The average Bonchev–Trinajstić information content (AvgIpc) is 3.29. The van der Waals surface area contributed by atoms with Gasteiger partial charge in [0.2, 0.25) is 15.9 Å². The Kier molecular flexibility index (Phi) is 6.84. The zero-order valence-corrected chi connectivity index (χ0v) is 17.6. The van der Waals surface area contributed by atoms with Gasteiger partial charge in [-0.1, -0.05) is 42.5 Å². The highest BCUT2D eigenvalue weighted by molar-refractivity contribution is 7.89. The quantitative estimate of drug-likeness (QED) is 0.473. The minimum absolute atomic E-state index is 0.256. The molecule has 2 aromatic rings. The van der Waals surface area contributed by atoms with Crippen LogP contribution in [0.4, 0.5) is 5.69 Å². The monoisotopic (exact) mass is 431 g/mol. The van der Waals surface area contributed by atoms with Gasteiger partial charge in [-0.05, 0) is 37.3 Å². The highest BCUT2D eigenvalue weighted by Gasteiger charge is 2.38. The maximum Gasteiger partial charge on any atom is 0.289 e. The van der Waals surface area contributed by atoms with Crippen molar-refractivity contribution in [2.75, 3.05) is 20.1 Å². The van der Waals surface area contributed by atoms with Crippen molar-refractivity contribution >= 4 is 21.6 Å². The third kappa shape index (κ3) is 4.68. The lowest BCUT2D eigenvalue weighted by Crippen LogP contribution is -2.48. The van der Waals surface area contributed by atoms with Crippen molar-refractivity contribution in [2.45, 2.75) is 36.6 Å². The van der Waals surface area contributed by atoms with Gasteiger partial charge in [0.25, 0.3) is 5.69 Å². The molecule has 1 unspecified atom stereocenters. The topological polar surface area (TPSA) is 101 Å². The van der Waals surface area contributed by atoms with Gasteiger partial charge < -0.3 is 4.90 Å². The molecule has 0 N–H and O–H groups in total. The molecule has 0 bridgehead atoms. The van der Waals surface area contributed by atoms with Gasteiger partial charge in [0.15, 0.2) is 4.90 Å². The highest BCUT2D eigenvalue weighted by atomic mass is 32.2. The van der Waals surface area contributed by atoms with Crippen LogP contribution in [0.1, 0.15) is 24.8 Å². The second-order valence-electron chi connectivity index (χ2n) is 7.32. The summed E-state index contributed by atoms with van der Waals surface area (Å²) in [6.45, 7) is 1.19. The Morgan fingerprint density at radius 1 is 1.10 bits per heavy atom. The molecule has 2 aromatic carbocycles. The smallest absolute Gasteiger partial charge is 0.289 e. The fourth-order valence-electron chi connectivity index (χ4n) is 3.71. The molecule has 9 heteroatoms. The van der Waals surface area contributed by atoms with Crippen molar-refractivity contribution in [1.82, 2.24) is 9.21 Å². The fraction of sp³-hybridized carbons (Fsp3) is 0.381. The van der Waals surface area contributed by atoms with E-state index >= 15 is 0 Å². The molecule has 1 aliphatic rings. The molecule has 30 heavy (non-hydrogen) atoms. The Morgan fingerprint density at radius 2 is 1.70 bits per heavy atom. The van der Waals surface area contributed by atoms with Crippen molar-refractivity contribution in [2.24, 2.45) is 0 Å². The number of carbonyl (C=O) groups is 1. The number of sulfonamides is 1. The number of aryl methyl sites for hydroxylation is 1. The van der Waals surface area contributed by atoms with E-state index in [0.29, 0.717) is 19.5 Å². The Balaban J connectivity index is 1.93. The van der Waals surface area contributed by atoms with Crippen LogP contribution >= 0.6 is 0 Å². The zero-order chi connectivity index (χ0) is 21.7. The van der Waals surface area contributed by atoms with E-state index in [9.17, 15) is 23.3 Å². The summed E-state index contributed by atoms with van der Waals surface area (Å²) in [6.07, 6.45) is 2.58. The van der Waals surface area contributed by atoms with E-state index < -0.39 is 31.6 Å². The molecular formula is C21H25N3O5S. The number of amides is 1. The molecule has 1 heterocycles. The first-order valence-corrected chi connectivity index (χ1v) is 11.3. The molecule has 1 saturated heterocycles. The van der Waals surface area contributed by atoms with E-state index in [1.807, 2.05) is 30.3 Å².